The van der Waals surface area contributed by atoms with Crippen molar-refractivity contribution in [2.45, 2.75) is 19.1 Å². The van der Waals surface area contributed by atoms with Crippen LogP contribution in [0.1, 0.15) is 31.8 Å². The lowest BCUT2D eigenvalue weighted by Crippen LogP contribution is -2.42. The topological polar surface area (TPSA) is 97.5 Å². The Morgan fingerprint density at radius 3 is 2.29 bits per heavy atom. The molecule has 0 radical (unpaired) electrons. The maximum atomic E-state index is 13.4. The molecule has 0 aliphatic carbocycles. The molecule has 4 rings (SSSR count). The monoisotopic (exact) mass is 456 g/mol. The predicted molar refractivity (Wildman–Crippen MR) is 128 cm³/mol. The maximum absolute atomic E-state index is 13.4. The number of benzene rings is 3. The van der Waals surface area contributed by atoms with Gasteiger partial charge in [0.2, 0.25) is 0 Å². The highest BCUT2D eigenvalue weighted by atomic mass is 16.5. The Morgan fingerprint density at radius 1 is 0.882 bits per heavy atom. The third-order valence-electron chi connectivity index (χ3n) is 5.51. The molecule has 0 spiro atoms. The van der Waals surface area contributed by atoms with Crippen molar-refractivity contribution < 1.29 is 23.9 Å². The number of Topliss-reactive ketones (excluding diaryl/α,β-unsaturated/α-hetero) is 1. The van der Waals surface area contributed by atoms with Gasteiger partial charge in [-0.2, -0.15) is 0 Å². The van der Waals surface area contributed by atoms with E-state index in [1.165, 1.54) is 19.2 Å². The van der Waals surface area contributed by atoms with E-state index in [2.05, 4.69) is 10.3 Å². The van der Waals surface area contributed by atoms with Gasteiger partial charge in [0.1, 0.15) is 6.61 Å². The number of aromatic nitrogens is 1. The van der Waals surface area contributed by atoms with Crippen LogP contribution in [0.15, 0.2) is 85.1 Å². The summed E-state index contributed by atoms with van der Waals surface area (Å²) in [6.45, 7) is 0.0918. The number of hydrogen-bond donors (Lipinski definition) is 2. The summed E-state index contributed by atoms with van der Waals surface area (Å²) >= 11 is 0. The van der Waals surface area contributed by atoms with Crippen molar-refractivity contribution in [1.82, 2.24) is 10.3 Å². The van der Waals surface area contributed by atoms with Crippen LogP contribution >= 0.6 is 0 Å². The number of aromatic amines is 1. The second kappa shape index (κ2) is 10.5. The van der Waals surface area contributed by atoms with Gasteiger partial charge in [0.05, 0.1) is 18.7 Å². The first-order valence-corrected chi connectivity index (χ1v) is 10.8. The van der Waals surface area contributed by atoms with E-state index in [9.17, 15) is 14.4 Å². The number of rotatable bonds is 8. The fourth-order valence-corrected chi connectivity index (χ4v) is 3.73. The van der Waals surface area contributed by atoms with Crippen molar-refractivity contribution in [1.29, 1.82) is 0 Å². The van der Waals surface area contributed by atoms with Gasteiger partial charge < -0.3 is 19.8 Å². The van der Waals surface area contributed by atoms with E-state index in [4.69, 9.17) is 9.47 Å². The van der Waals surface area contributed by atoms with Gasteiger partial charge in [-0.1, -0.05) is 60.7 Å². The Kier molecular flexibility index (Phi) is 7.03. The molecule has 34 heavy (non-hydrogen) atoms. The minimum absolute atomic E-state index is 0.0918. The number of carbonyl (C=O) groups is 3. The lowest BCUT2D eigenvalue weighted by atomic mass is 9.96. The maximum Gasteiger partial charge on any atom is 0.408 e. The molecular weight excluding hydrogens is 432 g/mol. The number of hydrogen-bond acceptors (Lipinski definition) is 5. The fraction of sp³-hybridized carbons (Fsp3) is 0.148. The third-order valence-corrected chi connectivity index (χ3v) is 5.51. The average Bonchev–Trinajstić information content (AvgIpc) is 3.29. The minimum atomic E-state index is -0.869. The predicted octanol–water partition coefficient (Wildman–Crippen LogP) is 4.67. The summed E-state index contributed by atoms with van der Waals surface area (Å²) in [7, 11) is 1.30. The Balaban J connectivity index is 1.54. The number of methoxy groups -OCH3 is 1. The van der Waals surface area contributed by atoms with E-state index in [1.54, 1.807) is 12.1 Å². The van der Waals surface area contributed by atoms with Crippen molar-refractivity contribution in [2.24, 2.45) is 0 Å². The van der Waals surface area contributed by atoms with Gasteiger partial charge in [0, 0.05) is 29.1 Å². The third kappa shape index (κ3) is 5.32. The number of para-hydroxylation sites is 1. The van der Waals surface area contributed by atoms with Crippen LogP contribution in [0.3, 0.4) is 0 Å². The SMILES string of the molecule is COC(=O)c1ccc(C(=O)C(Cc2c[nH]c3ccccc23)NC(=O)OCc2ccccc2)cc1. The summed E-state index contributed by atoms with van der Waals surface area (Å²) in [6.07, 6.45) is 1.41. The normalized spacial score (nSPS) is 11.6. The zero-order valence-electron chi connectivity index (χ0n) is 18.6. The van der Waals surface area contributed by atoms with Crippen LogP contribution in [0, 0.1) is 0 Å². The van der Waals surface area contributed by atoms with Crippen molar-refractivity contribution >= 4 is 28.7 Å². The zero-order chi connectivity index (χ0) is 23.9. The van der Waals surface area contributed by atoms with Crippen LogP contribution in [0.4, 0.5) is 4.79 Å². The number of alkyl carbamates (subject to hydrolysis) is 1. The molecule has 1 atom stereocenters. The van der Waals surface area contributed by atoms with E-state index in [-0.39, 0.29) is 18.8 Å². The Labute approximate surface area is 196 Å². The molecule has 0 saturated carbocycles. The molecule has 1 amide bonds. The van der Waals surface area contributed by atoms with Gasteiger partial charge in [-0.3, -0.25) is 4.79 Å². The summed E-state index contributed by atoms with van der Waals surface area (Å²) in [5.41, 5.74) is 3.38. The van der Waals surface area contributed by atoms with Gasteiger partial charge in [-0.05, 0) is 29.3 Å². The van der Waals surface area contributed by atoms with Gasteiger partial charge in [-0.25, -0.2) is 9.59 Å². The first-order valence-electron chi connectivity index (χ1n) is 10.8. The van der Waals surface area contributed by atoms with E-state index in [0.717, 1.165) is 22.0 Å². The summed E-state index contributed by atoms with van der Waals surface area (Å²) in [5, 5.41) is 3.69. The Bertz CT molecular complexity index is 1300. The molecule has 7 nitrogen and oxygen atoms in total. The molecular formula is C27H24N2O5. The van der Waals surface area contributed by atoms with E-state index in [0.29, 0.717) is 11.1 Å². The molecule has 7 heteroatoms. The number of ketones is 1. The van der Waals surface area contributed by atoms with Gasteiger partial charge >= 0.3 is 12.1 Å². The van der Waals surface area contributed by atoms with E-state index >= 15 is 0 Å². The van der Waals surface area contributed by atoms with Crippen molar-refractivity contribution in [3.8, 4) is 0 Å². The molecule has 2 N–H and O–H groups in total. The second-order valence-electron chi connectivity index (χ2n) is 7.76. The summed E-state index contributed by atoms with van der Waals surface area (Å²) < 4.78 is 10.1. The highest BCUT2D eigenvalue weighted by molar-refractivity contribution is 6.02. The minimum Gasteiger partial charge on any atom is -0.465 e. The Morgan fingerprint density at radius 2 is 1.56 bits per heavy atom. The van der Waals surface area contributed by atoms with Gasteiger partial charge in [0.15, 0.2) is 5.78 Å². The fourth-order valence-electron chi connectivity index (χ4n) is 3.73. The van der Waals surface area contributed by atoms with Crippen molar-refractivity contribution in [2.75, 3.05) is 7.11 Å². The largest absolute Gasteiger partial charge is 0.465 e. The first-order chi connectivity index (χ1) is 16.5. The summed E-state index contributed by atoms with van der Waals surface area (Å²) in [5.74, 6) is -0.782. The van der Waals surface area contributed by atoms with Crippen molar-refractivity contribution in [3.05, 3.63) is 107 Å². The highest BCUT2D eigenvalue weighted by Gasteiger charge is 2.25. The quantitative estimate of drug-likeness (QED) is 0.297. The number of H-pyrrole nitrogens is 1. The number of esters is 1. The molecule has 0 aliphatic rings. The number of amides is 1. The number of nitrogens with one attached hydrogen (secondary N) is 2. The first kappa shape index (κ1) is 22.8. The molecule has 0 aliphatic heterocycles. The van der Waals surface area contributed by atoms with Crippen LogP contribution < -0.4 is 5.32 Å². The van der Waals surface area contributed by atoms with Crippen LogP contribution in [0.2, 0.25) is 0 Å². The lowest BCUT2D eigenvalue weighted by Gasteiger charge is -2.18. The summed E-state index contributed by atoms with van der Waals surface area (Å²) in [4.78, 5) is 40.9. The molecule has 0 bridgehead atoms. The number of carbonyl (C=O) groups excluding carboxylic acids is 3. The molecule has 1 unspecified atom stereocenters. The molecule has 0 fully saturated rings. The second-order valence-corrected chi connectivity index (χ2v) is 7.76. The van der Waals surface area contributed by atoms with E-state index < -0.39 is 18.1 Å². The number of fused-ring (bicyclic) bond motifs is 1. The zero-order valence-corrected chi connectivity index (χ0v) is 18.6. The number of ether oxygens (including phenoxy) is 2. The lowest BCUT2D eigenvalue weighted by molar-refractivity contribution is 0.0600. The molecule has 172 valence electrons. The van der Waals surface area contributed by atoms with Crippen LogP contribution in [-0.2, 0) is 22.5 Å². The Hall–Kier alpha value is -4.39. The molecule has 3 aromatic carbocycles. The molecule has 1 heterocycles. The standard InChI is InChI=1S/C27H24N2O5/c1-33-26(31)20-13-11-19(12-14-20)25(30)24(15-21-16-28-23-10-6-5-9-22(21)23)29-27(32)34-17-18-7-3-2-4-8-18/h2-14,16,24,28H,15,17H2,1H3,(H,29,32). The van der Waals surface area contributed by atoms with Crippen LogP contribution in [0.5, 0.6) is 0 Å². The van der Waals surface area contributed by atoms with Crippen LogP contribution in [-0.4, -0.2) is 36.0 Å². The van der Waals surface area contributed by atoms with Gasteiger partial charge in [0.25, 0.3) is 0 Å². The van der Waals surface area contributed by atoms with Crippen LogP contribution in [0.25, 0.3) is 10.9 Å². The highest BCUT2D eigenvalue weighted by Crippen LogP contribution is 2.20. The molecule has 4 aromatic rings. The van der Waals surface area contributed by atoms with Crippen molar-refractivity contribution in [3.63, 3.8) is 0 Å². The molecule has 1 aromatic heterocycles. The smallest absolute Gasteiger partial charge is 0.408 e. The van der Waals surface area contributed by atoms with Gasteiger partial charge in [-0.15, -0.1) is 0 Å². The molecule has 0 saturated heterocycles. The summed E-state index contributed by atoms with van der Waals surface area (Å²) in [6, 6.07) is 22.3. The van der Waals surface area contributed by atoms with E-state index in [1.807, 2.05) is 60.8 Å². The average molecular weight is 456 g/mol.